The molecule has 1 aliphatic heterocycles. The molecule has 1 aliphatic rings. The average Bonchev–Trinajstić information content (AvgIpc) is 2.38. The van der Waals surface area contributed by atoms with Gasteiger partial charge in [-0.25, -0.2) is 0 Å². The van der Waals surface area contributed by atoms with Crippen LogP contribution in [-0.2, 0) is 4.79 Å². The molecule has 19 heavy (non-hydrogen) atoms. The average molecular weight is 402 g/mol. The number of benzene rings is 1. The molecule has 1 heterocycles. The van der Waals surface area contributed by atoms with Crippen LogP contribution in [0.3, 0.4) is 0 Å². The number of amides is 1. The normalized spacial score (nSPS) is 23.7. The van der Waals surface area contributed by atoms with Gasteiger partial charge in [-0.1, -0.05) is 81.2 Å². The molecular formula is C10H4Cl7NO. The molecule has 0 unspecified atom stereocenters. The molecule has 1 amide bonds. The van der Waals surface area contributed by atoms with E-state index in [2.05, 4.69) is 0 Å². The standard InChI is InChI=1S/C10H4Cl7NO/c11-5-1-3-6(4-2-5)18-7(19)8(12,13)9(14,15)10(18,16)17/h1-4H. The lowest BCUT2D eigenvalue weighted by Gasteiger charge is -2.32. The fourth-order valence-corrected chi connectivity index (χ4v) is 3.33. The zero-order valence-corrected chi connectivity index (χ0v) is 14.1. The van der Waals surface area contributed by atoms with E-state index in [4.69, 9.17) is 81.2 Å². The van der Waals surface area contributed by atoms with Gasteiger partial charge in [0.05, 0.1) is 0 Å². The Morgan fingerprint density at radius 1 is 0.895 bits per heavy atom. The van der Waals surface area contributed by atoms with Gasteiger partial charge < -0.3 is 0 Å². The Labute approximate surface area is 144 Å². The molecule has 104 valence electrons. The molecule has 0 atom stereocenters. The van der Waals surface area contributed by atoms with Crippen molar-refractivity contribution in [2.24, 2.45) is 0 Å². The first-order valence-electron chi connectivity index (χ1n) is 4.77. The first-order valence-corrected chi connectivity index (χ1v) is 7.41. The predicted molar refractivity (Wildman–Crippen MR) is 82.2 cm³/mol. The van der Waals surface area contributed by atoms with Gasteiger partial charge in [0, 0.05) is 10.7 Å². The van der Waals surface area contributed by atoms with Crippen molar-refractivity contribution in [3.05, 3.63) is 29.3 Å². The lowest BCUT2D eigenvalue weighted by atomic mass is 10.3. The summed E-state index contributed by atoms with van der Waals surface area (Å²) in [7, 11) is 0. The maximum atomic E-state index is 12.2. The van der Waals surface area contributed by atoms with Crippen LogP contribution in [0.1, 0.15) is 0 Å². The summed E-state index contributed by atoms with van der Waals surface area (Å²) in [6.07, 6.45) is 0. The van der Waals surface area contributed by atoms with Gasteiger partial charge in [-0.05, 0) is 24.3 Å². The Balaban J connectivity index is 2.58. The summed E-state index contributed by atoms with van der Waals surface area (Å²) in [4.78, 5) is 13.2. The van der Waals surface area contributed by atoms with Gasteiger partial charge in [0.2, 0.25) is 13.1 Å². The summed E-state index contributed by atoms with van der Waals surface area (Å²) >= 11 is 41.6. The number of rotatable bonds is 1. The van der Waals surface area contributed by atoms with E-state index in [9.17, 15) is 4.79 Å². The number of carbonyl (C=O) groups is 1. The zero-order valence-electron chi connectivity index (χ0n) is 8.81. The molecule has 9 heteroatoms. The molecular weight excluding hydrogens is 398 g/mol. The lowest BCUT2D eigenvalue weighted by molar-refractivity contribution is -0.117. The summed E-state index contributed by atoms with van der Waals surface area (Å²) in [5.74, 6) is -0.826. The number of alkyl halides is 6. The molecule has 0 saturated carbocycles. The molecule has 2 rings (SSSR count). The lowest BCUT2D eigenvalue weighted by Crippen LogP contribution is -2.46. The second-order valence-electron chi connectivity index (χ2n) is 3.81. The highest BCUT2D eigenvalue weighted by Gasteiger charge is 2.75. The van der Waals surface area contributed by atoms with Crippen molar-refractivity contribution in [3.8, 4) is 0 Å². The maximum Gasteiger partial charge on any atom is 0.269 e. The third-order valence-corrected chi connectivity index (χ3v) is 6.54. The van der Waals surface area contributed by atoms with Gasteiger partial charge in [0.15, 0.2) is 0 Å². The first kappa shape index (κ1) is 16.1. The van der Waals surface area contributed by atoms with Crippen LogP contribution in [0.25, 0.3) is 0 Å². The van der Waals surface area contributed by atoms with Crippen molar-refractivity contribution in [2.45, 2.75) is 13.1 Å². The summed E-state index contributed by atoms with van der Waals surface area (Å²) in [6, 6.07) is 6.11. The summed E-state index contributed by atoms with van der Waals surface area (Å²) in [5.41, 5.74) is 0.313. The van der Waals surface area contributed by atoms with E-state index in [0.29, 0.717) is 10.7 Å². The molecule has 1 fully saturated rings. The Morgan fingerprint density at radius 2 is 1.37 bits per heavy atom. The third kappa shape index (κ3) is 2.20. The van der Waals surface area contributed by atoms with E-state index in [1.807, 2.05) is 0 Å². The number of hydrogen-bond donors (Lipinski definition) is 0. The molecule has 1 aromatic rings. The number of anilines is 1. The largest absolute Gasteiger partial charge is 0.274 e. The zero-order chi connectivity index (χ0) is 14.6. The van der Waals surface area contributed by atoms with E-state index >= 15 is 0 Å². The smallest absolute Gasteiger partial charge is 0.269 e. The molecule has 1 saturated heterocycles. The van der Waals surface area contributed by atoms with Crippen LogP contribution < -0.4 is 4.90 Å². The number of halogens is 7. The van der Waals surface area contributed by atoms with E-state index in [1.54, 1.807) is 12.1 Å². The fraction of sp³-hybridized carbons (Fsp3) is 0.300. The fourth-order valence-electron chi connectivity index (χ4n) is 1.60. The second kappa shape index (κ2) is 4.88. The molecule has 0 spiro atoms. The predicted octanol–water partition coefficient (Wildman–Crippen LogP) is 5.17. The maximum absolute atomic E-state index is 12.2. The number of nitrogens with zero attached hydrogens (tertiary/aromatic N) is 1. The summed E-state index contributed by atoms with van der Waals surface area (Å²) < 4.78 is -6.34. The molecule has 2 nitrogen and oxygen atoms in total. The SMILES string of the molecule is O=C1N(c2ccc(Cl)cc2)C(Cl)(Cl)C(Cl)(Cl)C1(Cl)Cl. The molecule has 0 bridgehead atoms. The molecule has 0 aliphatic carbocycles. The van der Waals surface area contributed by atoms with Gasteiger partial charge >= 0.3 is 0 Å². The Kier molecular flexibility index (Phi) is 4.13. The van der Waals surface area contributed by atoms with Crippen LogP contribution in [0.4, 0.5) is 5.69 Å². The van der Waals surface area contributed by atoms with Crippen LogP contribution in [0.2, 0.25) is 5.02 Å². The topological polar surface area (TPSA) is 20.3 Å². The van der Waals surface area contributed by atoms with Gasteiger partial charge in [-0.3, -0.25) is 9.69 Å². The van der Waals surface area contributed by atoms with E-state index in [1.165, 1.54) is 12.1 Å². The van der Waals surface area contributed by atoms with Gasteiger partial charge in [-0.15, -0.1) is 0 Å². The molecule has 0 aromatic heterocycles. The monoisotopic (exact) mass is 399 g/mol. The number of carbonyl (C=O) groups excluding carboxylic acids is 1. The highest BCUT2D eigenvalue weighted by Crippen LogP contribution is 2.62. The van der Waals surface area contributed by atoms with Crippen molar-refractivity contribution in [2.75, 3.05) is 4.90 Å². The van der Waals surface area contributed by atoms with Crippen molar-refractivity contribution in [1.29, 1.82) is 0 Å². The Hall–Kier alpha value is 0.720. The van der Waals surface area contributed by atoms with Gasteiger partial charge in [0.1, 0.15) is 0 Å². The third-order valence-electron chi connectivity index (χ3n) is 2.61. The minimum atomic E-state index is -2.18. The quantitative estimate of drug-likeness (QED) is 0.469. The minimum Gasteiger partial charge on any atom is -0.274 e. The minimum absolute atomic E-state index is 0.313. The van der Waals surface area contributed by atoms with E-state index in [0.717, 1.165) is 4.90 Å². The molecule has 0 radical (unpaired) electrons. The second-order valence-corrected chi connectivity index (χ2v) is 8.19. The molecule has 1 aromatic carbocycles. The van der Waals surface area contributed by atoms with Gasteiger partial charge in [-0.2, -0.15) is 0 Å². The van der Waals surface area contributed by atoms with E-state index in [-0.39, 0.29) is 0 Å². The van der Waals surface area contributed by atoms with Crippen LogP contribution in [0.5, 0.6) is 0 Å². The van der Waals surface area contributed by atoms with Crippen molar-refractivity contribution in [3.63, 3.8) is 0 Å². The van der Waals surface area contributed by atoms with Crippen LogP contribution in [-0.4, -0.2) is 19.0 Å². The van der Waals surface area contributed by atoms with Crippen molar-refractivity contribution < 1.29 is 4.79 Å². The van der Waals surface area contributed by atoms with Crippen LogP contribution >= 0.6 is 81.2 Å². The highest BCUT2D eigenvalue weighted by atomic mass is 35.5. The number of hydrogen-bond acceptors (Lipinski definition) is 1. The van der Waals surface area contributed by atoms with Gasteiger partial charge in [0.25, 0.3) is 5.91 Å². The molecule has 0 N–H and O–H groups in total. The Bertz CT molecular complexity index is 525. The summed E-state index contributed by atoms with van der Waals surface area (Å²) in [6.45, 7) is 0. The van der Waals surface area contributed by atoms with Crippen LogP contribution in [0.15, 0.2) is 24.3 Å². The van der Waals surface area contributed by atoms with E-state index < -0.39 is 19.0 Å². The van der Waals surface area contributed by atoms with Crippen LogP contribution in [0, 0.1) is 0 Å². The summed E-state index contributed by atoms with van der Waals surface area (Å²) in [5, 5.41) is 0.469. The van der Waals surface area contributed by atoms with Crippen molar-refractivity contribution >= 4 is 92.8 Å². The highest BCUT2D eigenvalue weighted by molar-refractivity contribution is 6.77. The first-order chi connectivity index (χ1) is 8.53. The van der Waals surface area contributed by atoms with Crippen molar-refractivity contribution in [1.82, 2.24) is 0 Å². The Morgan fingerprint density at radius 3 is 1.74 bits per heavy atom.